The van der Waals surface area contributed by atoms with E-state index < -0.39 is 5.82 Å². The molecule has 0 unspecified atom stereocenters. The number of carbonyl (C=O) groups excluding carboxylic acids is 1. The summed E-state index contributed by atoms with van der Waals surface area (Å²) < 4.78 is 16.3. The van der Waals surface area contributed by atoms with Gasteiger partial charge in [-0.15, -0.1) is 10.2 Å². The molecule has 1 saturated carbocycles. The first-order chi connectivity index (χ1) is 11.6. The molecule has 5 nitrogen and oxygen atoms in total. The van der Waals surface area contributed by atoms with Crippen molar-refractivity contribution in [1.29, 1.82) is 0 Å². The molecule has 0 N–H and O–H groups in total. The molecule has 2 aromatic rings. The first-order valence-electron chi connectivity index (χ1n) is 8.59. The van der Waals surface area contributed by atoms with Crippen LogP contribution in [0.15, 0.2) is 24.5 Å². The van der Waals surface area contributed by atoms with Crippen LogP contribution in [0.3, 0.4) is 0 Å². The van der Waals surface area contributed by atoms with Crippen molar-refractivity contribution in [2.75, 3.05) is 18.0 Å². The van der Waals surface area contributed by atoms with E-state index >= 15 is 0 Å². The average molecular weight is 328 g/mol. The minimum atomic E-state index is -0.435. The van der Waals surface area contributed by atoms with Crippen LogP contribution in [-0.2, 0) is 0 Å². The number of piperidine rings is 1. The average Bonchev–Trinajstić information content (AvgIpc) is 3.31. The zero-order valence-electron chi connectivity index (χ0n) is 13.8. The summed E-state index contributed by atoms with van der Waals surface area (Å²) in [4.78, 5) is 13.9. The molecule has 1 aliphatic carbocycles. The van der Waals surface area contributed by atoms with E-state index in [1.165, 1.54) is 25.8 Å². The molecule has 0 spiro atoms. The number of aromatic nitrogens is 3. The SMILES string of the molecule is CC(=O)c1c(F)cccc1N1CCC(c2nncn2C2CC2)CC1. The Morgan fingerprint density at radius 1 is 1.21 bits per heavy atom. The number of Topliss-reactive ketones (excluding diaryl/α,β-unsaturated/α-hetero) is 1. The minimum absolute atomic E-state index is 0.206. The third kappa shape index (κ3) is 2.70. The van der Waals surface area contributed by atoms with Gasteiger partial charge in [0.05, 0.1) is 11.3 Å². The fraction of sp³-hybridized carbons (Fsp3) is 0.500. The molecule has 6 heteroatoms. The topological polar surface area (TPSA) is 51.0 Å². The molecule has 4 rings (SSSR count). The van der Waals surface area contributed by atoms with Crippen molar-refractivity contribution in [2.45, 2.75) is 44.6 Å². The summed E-state index contributed by atoms with van der Waals surface area (Å²) in [5.41, 5.74) is 0.918. The van der Waals surface area contributed by atoms with Gasteiger partial charge < -0.3 is 9.47 Å². The molecule has 1 aliphatic heterocycles. The zero-order valence-corrected chi connectivity index (χ0v) is 13.8. The van der Waals surface area contributed by atoms with E-state index in [0.717, 1.165) is 31.8 Å². The molecular formula is C18H21FN4O. The highest BCUT2D eigenvalue weighted by Gasteiger charge is 2.31. The Balaban J connectivity index is 1.52. The number of rotatable bonds is 4. The smallest absolute Gasteiger partial charge is 0.164 e. The maximum atomic E-state index is 14.0. The molecular weight excluding hydrogens is 307 g/mol. The summed E-state index contributed by atoms with van der Waals surface area (Å²) >= 11 is 0. The fourth-order valence-corrected chi connectivity index (χ4v) is 3.68. The third-order valence-corrected chi connectivity index (χ3v) is 5.09. The van der Waals surface area contributed by atoms with Crippen LogP contribution < -0.4 is 4.90 Å². The van der Waals surface area contributed by atoms with Crippen LogP contribution in [0, 0.1) is 5.82 Å². The Morgan fingerprint density at radius 2 is 1.96 bits per heavy atom. The molecule has 1 saturated heterocycles. The number of hydrogen-bond acceptors (Lipinski definition) is 4. The molecule has 2 heterocycles. The third-order valence-electron chi connectivity index (χ3n) is 5.09. The maximum absolute atomic E-state index is 14.0. The zero-order chi connectivity index (χ0) is 16.7. The first-order valence-corrected chi connectivity index (χ1v) is 8.59. The molecule has 0 atom stereocenters. The predicted octanol–water partition coefficient (Wildman–Crippen LogP) is 3.34. The van der Waals surface area contributed by atoms with Crippen LogP contribution in [0.5, 0.6) is 0 Å². The second-order valence-corrected chi connectivity index (χ2v) is 6.78. The number of hydrogen-bond donors (Lipinski definition) is 0. The van der Waals surface area contributed by atoms with Gasteiger partial charge in [0.15, 0.2) is 5.78 Å². The van der Waals surface area contributed by atoms with E-state index in [4.69, 9.17) is 0 Å². The van der Waals surface area contributed by atoms with Crippen LogP contribution >= 0.6 is 0 Å². The minimum Gasteiger partial charge on any atom is -0.371 e. The van der Waals surface area contributed by atoms with Gasteiger partial charge in [-0.05, 0) is 44.7 Å². The summed E-state index contributed by atoms with van der Waals surface area (Å²) in [6, 6.07) is 5.45. The summed E-state index contributed by atoms with van der Waals surface area (Å²) in [5, 5.41) is 8.43. The number of ketones is 1. The summed E-state index contributed by atoms with van der Waals surface area (Å²) in [6.45, 7) is 3.02. The number of anilines is 1. The van der Waals surface area contributed by atoms with Crippen molar-refractivity contribution in [3.63, 3.8) is 0 Å². The van der Waals surface area contributed by atoms with Gasteiger partial charge in [0.2, 0.25) is 0 Å². The number of carbonyl (C=O) groups is 1. The Morgan fingerprint density at radius 3 is 2.62 bits per heavy atom. The molecule has 0 bridgehead atoms. The molecule has 24 heavy (non-hydrogen) atoms. The Hall–Kier alpha value is -2.24. The van der Waals surface area contributed by atoms with Crippen molar-refractivity contribution in [2.24, 2.45) is 0 Å². The van der Waals surface area contributed by atoms with Gasteiger partial charge >= 0.3 is 0 Å². The second kappa shape index (κ2) is 6.00. The highest BCUT2D eigenvalue weighted by Crippen LogP contribution is 2.39. The molecule has 126 valence electrons. The monoisotopic (exact) mass is 328 g/mol. The van der Waals surface area contributed by atoms with Gasteiger partial charge in [-0.1, -0.05) is 6.07 Å². The molecule has 1 aromatic carbocycles. The maximum Gasteiger partial charge on any atom is 0.164 e. The summed E-state index contributed by atoms with van der Waals surface area (Å²) in [5.74, 6) is 0.816. The lowest BCUT2D eigenvalue weighted by molar-refractivity contribution is 0.101. The van der Waals surface area contributed by atoms with E-state index in [-0.39, 0.29) is 11.3 Å². The van der Waals surface area contributed by atoms with E-state index in [1.54, 1.807) is 6.07 Å². The Bertz CT molecular complexity index is 760. The fourth-order valence-electron chi connectivity index (χ4n) is 3.68. The standard InChI is InChI=1S/C18H21FN4O/c1-12(24)17-15(19)3-2-4-16(17)22-9-7-13(8-10-22)18-21-20-11-23(18)14-5-6-14/h2-4,11,13-14H,5-10H2,1H3. The van der Waals surface area contributed by atoms with Gasteiger partial charge in [0, 0.05) is 25.0 Å². The second-order valence-electron chi connectivity index (χ2n) is 6.78. The first kappa shape index (κ1) is 15.3. The van der Waals surface area contributed by atoms with E-state index in [2.05, 4.69) is 19.7 Å². The van der Waals surface area contributed by atoms with Gasteiger partial charge in [-0.2, -0.15) is 0 Å². The number of nitrogens with zero attached hydrogens (tertiary/aromatic N) is 4. The van der Waals surface area contributed by atoms with E-state index in [1.807, 2.05) is 12.4 Å². The number of halogens is 1. The van der Waals surface area contributed by atoms with Crippen molar-refractivity contribution < 1.29 is 9.18 Å². The lowest BCUT2D eigenvalue weighted by Crippen LogP contribution is -2.34. The normalized spacial score (nSPS) is 18.8. The highest BCUT2D eigenvalue weighted by atomic mass is 19.1. The lowest BCUT2D eigenvalue weighted by atomic mass is 9.94. The molecule has 2 aliphatic rings. The molecule has 0 radical (unpaired) electrons. The Kier molecular flexibility index (Phi) is 3.82. The van der Waals surface area contributed by atoms with E-state index in [0.29, 0.717) is 17.6 Å². The Labute approximate surface area is 140 Å². The van der Waals surface area contributed by atoms with Crippen molar-refractivity contribution >= 4 is 11.5 Å². The van der Waals surface area contributed by atoms with Gasteiger partial charge in [0.1, 0.15) is 18.0 Å². The molecule has 2 fully saturated rings. The van der Waals surface area contributed by atoms with Gasteiger partial charge in [-0.3, -0.25) is 4.79 Å². The van der Waals surface area contributed by atoms with Crippen molar-refractivity contribution in [3.8, 4) is 0 Å². The largest absolute Gasteiger partial charge is 0.371 e. The van der Waals surface area contributed by atoms with Gasteiger partial charge in [0.25, 0.3) is 0 Å². The van der Waals surface area contributed by atoms with Crippen LogP contribution in [0.1, 0.15) is 60.7 Å². The summed E-state index contributed by atoms with van der Waals surface area (Å²) in [6.07, 6.45) is 6.17. The predicted molar refractivity (Wildman–Crippen MR) is 88.9 cm³/mol. The van der Waals surface area contributed by atoms with Gasteiger partial charge in [-0.25, -0.2) is 4.39 Å². The summed E-state index contributed by atoms with van der Waals surface area (Å²) in [7, 11) is 0. The van der Waals surface area contributed by atoms with E-state index in [9.17, 15) is 9.18 Å². The van der Waals surface area contributed by atoms with Crippen LogP contribution in [0.25, 0.3) is 0 Å². The quantitative estimate of drug-likeness (QED) is 0.808. The molecule has 1 aromatic heterocycles. The lowest BCUT2D eigenvalue weighted by Gasteiger charge is -2.34. The number of benzene rings is 1. The van der Waals surface area contributed by atoms with Crippen molar-refractivity contribution in [1.82, 2.24) is 14.8 Å². The molecule has 0 amide bonds. The van der Waals surface area contributed by atoms with Crippen LogP contribution in [0.4, 0.5) is 10.1 Å². The highest BCUT2D eigenvalue weighted by molar-refractivity contribution is 6.00. The van der Waals surface area contributed by atoms with Crippen LogP contribution in [-0.4, -0.2) is 33.6 Å². The van der Waals surface area contributed by atoms with Crippen molar-refractivity contribution in [3.05, 3.63) is 41.7 Å². The van der Waals surface area contributed by atoms with Crippen LogP contribution in [0.2, 0.25) is 0 Å².